The predicted octanol–water partition coefficient (Wildman–Crippen LogP) is 4.76. The summed E-state index contributed by atoms with van der Waals surface area (Å²) in [6.07, 6.45) is 3.53. The van der Waals surface area contributed by atoms with Gasteiger partial charge in [0.25, 0.3) is 5.91 Å². The van der Waals surface area contributed by atoms with Crippen molar-refractivity contribution in [3.8, 4) is 11.8 Å². The van der Waals surface area contributed by atoms with E-state index in [4.69, 9.17) is 27.9 Å². The van der Waals surface area contributed by atoms with E-state index in [1.54, 1.807) is 42.5 Å². The minimum atomic E-state index is -0.324. The Bertz CT molecular complexity index is 882. The monoisotopic (exact) mass is 386 g/mol. The van der Waals surface area contributed by atoms with Crippen molar-refractivity contribution in [2.24, 2.45) is 0 Å². The molecule has 26 heavy (non-hydrogen) atoms. The Balaban J connectivity index is 1.62. The van der Waals surface area contributed by atoms with Crippen molar-refractivity contribution in [3.05, 3.63) is 69.2 Å². The first-order chi connectivity index (χ1) is 12.5. The van der Waals surface area contributed by atoms with Crippen LogP contribution < -0.4 is 10.1 Å². The number of hydrogen-bond acceptors (Lipinski definition) is 3. The van der Waals surface area contributed by atoms with Gasteiger partial charge in [-0.15, -0.1) is 0 Å². The summed E-state index contributed by atoms with van der Waals surface area (Å²) in [6, 6.07) is 14.7. The van der Waals surface area contributed by atoms with Gasteiger partial charge in [-0.2, -0.15) is 5.26 Å². The van der Waals surface area contributed by atoms with Gasteiger partial charge >= 0.3 is 0 Å². The highest BCUT2D eigenvalue weighted by Crippen LogP contribution is 2.24. The van der Waals surface area contributed by atoms with Crippen LogP contribution in [0.25, 0.3) is 6.08 Å². The van der Waals surface area contributed by atoms with Crippen LogP contribution in [-0.2, 0) is 11.4 Å². The minimum Gasteiger partial charge on any atom is -0.489 e. The molecule has 0 spiro atoms. The Labute approximate surface area is 162 Å². The van der Waals surface area contributed by atoms with Gasteiger partial charge in [0.15, 0.2) is 0 Å². The van der Waals surface area contributed by atoms with Crippen LogP contribution in [0.15, 0.2) is 48.0 Å². The molecule has 132 valence electrons. The number of hydrogen-bond donors (Lipinski definition) is 1. The van der Waals surface area contributed by atoms with Crippen molar-refractivity contribution in [2.45, 2.75) is 25.5 Å². The van der Waals surface area contributed by atoms with Gasteiger partial charge < -0.3 is 10.1 Å². The summed E-state index contributed by atoms with van der Waals surface area (Å²) < 4.78 is 5.71. The number of carbonyl (C=O) groups is 1. The average molecular weight is 387 g/mol. The van der Waals surface area contributed by atoms with Crippen LogP contribution >= 0.6 is 23.2 Å². The maximum atomic E-state index is 12.0. The van der Waals surface area contributed by atoms with Gasteiger partial charge in [-0.1, -0.05) is 41.4 Å². The molecule has 6 heteroatoms. The SMILES string of the molecule is N#C/C(=C\c1ccc(OCc2ccc(Cl)c(Cl)c2)cc1)C(=O)NC1CC1. The molecule has 2 aromatic carbocycles. The van der Waals surface area contributed by atoms with Crippen LogP contribution in [0, 0.1) is 11.3 Å². The van der Waals surface area contributed by atoms with E-state index in [0.717, 1.165) is 24.0 Å². The molecule has 0 atom stereocenters. The third kappa shape index (κ3) is 5.01. The summed E-state index contributed by atoms with van der Waals surface area (Å²) in [5, 5.41) is 13.0. The zero-order chi connectivity index (χ0) is 18.5. The Kier molecular flexibility index (Phi) is 5.82. The van der Waals surface area contributed by atoms with E-state index in [-0.39, 0.29) is 17.5 Å². The molecular weight excluding hydrogens is 371 g/mol. The lowest BCUT2D eigenvalue weighted by Gasteiger charge is -2.08. The van der Waals surface area contributed by atoms with Gasteiger partial charge in [0, 0.05) is 6.04 Å². The van der Waals surface area contributed by atoms with Crippen LogP contribution in [-0.4, -0.2) is 11.9 Å². The summed E-state index contributed by atoms with van der Waals surface area (Å²) >= 11 is 11.9. The summed E-state index contributed by atoms with van der Waals surface area (Å²) in [5.41, 5.74) is 1.77. The number of rotatable bonds is 6. The number of halogens is 2. The van der Waals surface area contributed by atoms with Crippen molar-refractivity contribution < 1.29 is 9.53 Å². The van der Waals surface area contributed by atoms with Crippen molar-refractivity contribution >= 4 is 35.2 Å². The fraction of sp³-hybridized carbons (Fsp3) is 0.200. The second-order valence-electron chi connectivity index (χ2n) is 6.02. The number of nitrogens with one attached hydrogen (secondary N) is 1. The number of benzene rings is 2. The number of nitriles is 1. The second-order valence-corrected chi connectivity index (χ2v) is 6.84. The lowest BCUT2D eigenvalue weighted by molar-refractivity contribution is -0.117. The second kappa shape index (κ2) is 8.27. The molecule has 2 aromatic rings. The Morgan fingerprint density at radius 2 is 1.92 bits per heavy atom. The fourth-order valence-electron chi connectivity index (χ4n) is 2.26. The van der Waals surface area contributed by atoms with Crippen LogP contribution in [0.2, 0.25) is 10.0 Å². The largest absolute Gasteiger partial charge is 0.489 e. The minimum absolute atomic E-state index is 0.0985. The quantitative estimate of drug-likeness (QED) is 0.574. The Hall–Kier alpha value is -2.48. The van der Waals surface area contributed by atoms with E-state index in [1.807, 2.05) is 12.1 Å². The Morgan fingerprint density at radius 3 is 2.54 bits per heavy atom. The molecule has 0 unspecified atom stereocenters. The van der Waals surface area contributed by atoms with Gasteiger partial charge in [0.1, 0.15) is 24.0 Å². The maximum absolute atomic E-state index is 12.0. The first-order valence-electron chi connectivity index (χ1n) is 8.14. The summed E-state index contributed by atoms with van der Waals surface area (Å²) in [6.45, 7) is 0.360. The smallest absolute Gasteiger partial charge is 0.262 e. The number of ether oxygens (including phenoxy) is 1. The van der Waals surface area contributed by atoms with Crippen LogP contribution in [0.4, 0.5) is 0 Å². The highest BCUT2D eigenvalue weighted by atomic mass is 35.5. The highest BCUT2D eigenvalue weighted by molar-refractivity contribution is 6.42. The van der Waals surface area contributed by atoms with Crippen LogP contribution in [0.3, 0.4) is 0 Å². The molecule has 0 heterocycles. The molecule has 0 saturated heterocycles. The van der Waals surface area contributed by atoms with Gasteiger partial charge in [0.05, 0.1) is 10.0 Å². The first kappa shape index (κ1) is 18.3. The lowest BCUT2D eigenvalue weighted by Crippen LogP contribution is -2.26. The topological polar surface area (TPSA) is 62.1 Å². The zero-order valence-corrected chi connectivity index (χ0v) is 15.3. The van der Waals surface area contributed by atoms with Gasteiger partial charge in [0.2, 0.25) is 0 Å². The zero-order valence-electron chi connectivity index (χ0n) is 13.8. The standard InChI is InChI=1S/C20H16Cl2N2O2/c21-18-8-3-14(10-19(18)22)12-26-17-6-1-13(2-7-17)9-15(11-23)20(25)24-16-4-5-16/h1-3,6-10,16H,4-5,12H2,(H,24,25)/b15-9+. The van der Waals surface area contributed by atoms with Crippen LogP contribution in [0.1, 0.15) is 24.0 Å². The normalized spacial score (nSPS) is 13.8. The van der Waals surface area contributed by atoms with Gasteiger partial charge in [-0.3, -0.25) is 4.79 Å². The molecule has 0 aromatic heterocycles. The van der Waals surface area contributed by atoms with E-state index in [0.29, 0.717) is 22.4 Å². The molecule has 1 N–H and O–H groups in total. The molecule has 4 nitrogen and oxygen atoms in total. The molecule has 1 aliphatic rings. The third-order valence-corrected chi connectivity index (χ3v) is 4.60. The third-order valence-electron chi connectivity index (χ3n) is 3.86. The number of nitrogens with zero attached hydrogens (tertiary/aromatic N) is 1. The molecule has 0 bridgehead atoms. The summed E-state index contributed by atoms with van der Waals surface area (Å²) in [7, 11) is 0. The first-order valence-corrected chi connectivity index (χ1v) is 8.90. The average Bonchev–Trinajstić information content (AvgIpc) is 3.45. The number of carbonyl (C=O) groups excluding carboxylic acids is 1. The molecule has 0 radical (unpaired) electrons. The van der Waals surface area contributed by atoms with Crippen molar-refractivity contribution in [3.63, 3.8) is 0 Å². The molecule has 0 aliphatic heterocycles. The van der Waals surface area contributed by atoms with Crippen molar-refractivity contribution in [1.82, 2.24) is 5.32 Å². The Morgan fingerprint density at radius 1 is 1.19 bits per heavy atom. The number of amides is 1. The highest BCUT2D eigenvalue weighted by Gasteiger charge is 2.24. The molecule has 1 fully saturated rings. The summed E-state index contributed by atoms with van der Waals surface area (Å²) in [4.78, 5) is 12.0. The van der Waals surface area contributed by atoms with Crippen LogP contribution in [0.5, 0.6) is 5.75 Å². The molecular formula is C20H16Cl2N2O2. The molecule has 1 aliphatic carbocycles. The van der Waals surface area contributed by atoms with E-state index in [9.17, 15) is 10.1 Å². The van der Waals surface area contributed by atoms with E-state index in [2.05, 4.69) is 5.32 Å². The molecule has 1 saturated carbocycles. The van der Waals surface area contributed by atoms with E-state index >= 15 is 0 Å². The van der Waals surface area contributed by atoms with E-state index < -0.39 is 0 Å². The summed E-state index contributed by atoms with van der Waals surface area (Å²) in [5.74, 6) is 0.351. The fourth-order valence-corrected chi connectivity index (χ4v) is 2.58. The maximum Gasteiger partial charge on any atom is 0.262 e. The lowest BCUT2D eigenvalue weighted by atomic mass is 10.1. The van der Waals surface area contributed by atoms with Gasteiger partial charge in [-0.05, 0) is 54.3 Å². The van der Waals surface area contributed by atoms with Gasteiger partial charge in [-0.25, -0.2) is 0 Å². The van der Waals surface area contributed by atoms with E-state index in [1.165, 1.54) is 0 Å². The predicted molar refractivity (Wildman–Crippen MR) is 102 cm³/mol. The van der Waals surface area contributed by atoms with Crippen molar-refractivity contribution in [2.75, 3.05) is 0 Å². The molecule has 1 amide bonds. The van der Waals surface area contributed by atoms with Crippen molar-refractivity contribution in [1.29, 1.82) is 5.26 Å². The molecule has 3 rings (SSSR count).